The number of halogens is 2. The van der Waals surface area contributed by atoms with Crippen molar-refractivity contribution in [3.8, 4) is 0 Å². The predicted octanol–water partition coefficient (Wildman–Crippen LogP) is 0.415. The van der Waals surface area contributed by atoms with Gasteiger partial charge in [0, 0.05) is 13.6 Å². The van der Waals surface area contributed by atoms with E-state index in [1.165, 1.54) is 10.6 Å². The molecule has 0 aromatic carbocycles. The highest BCUT2D eigenvalue weighted by molar-refractivity contribution is 6.41. The first-order chi connectivity index (χ1) is 7.47. The van der Waals surface area contributed by atoms with Gasteiger partial charge in [0.1, 0.15) is 10.8 Å². The van der Waals surface area contributed by atoms with Crippen LogP contribution in [0, 0.1) is 0 Å². The molecule has 90 valence electrons. The Bertz CT molecular complexity index is 392. The van der Waals surface area contributed by atoms with E-state index >= 15 is 0 Å². The minimum absolute atomic E-state index is 0.0320. The van der Waals surface area contributed by atoms with E-state index in [1.54, 1.807) is 7.05 Å². The highest BCUT2D eigenvalue weighted by atomic mass is 35.5. The maximum absolute atomic E-state index is 11.6. The fraction of sp³-hybridized carbons (Fsp3) is 0.444. The van der Waals surface area contributed by atoms with Gasteiger partial charge in [-0.25, -0.2) is 0 Å². The summed E-state index contributed by atoms with van der Waals surface area (Å²) in [6.45, 7) is -0.440. The Balaban J connectivity index is 2.70. The summed E-state index contributed by atoms with van der Waals surface area (Å²) in [5, 5.41) is 20.6. The summed E-state index contributed by atoms with van der Waals surface area (Å²) in [6.07, 6.45) is -0.977. The molecule has 0 saturated carbocycles. The van der Waals surface area contributed by atoms with E-state index in [2.05, 4.69) is 5.32 Å². The van der Waals surface area contributed by atoms with Crippen molar-refractivity contribution < 1.29 is 15.0 Å². The Morgan fingerprint density at radius 3 is 2.69 bits per heavy atom. The Hall–Kier alpha value is -0.750. The molecule has 1 heterocycles. The van der Waals surface area contributed by atoms with E-state index < -0.39 is 18.6 Å². The molecule has 0 saturated heterocycles. The Morgan fingerprint density at radius 1 is 1.62 bits per heavy atom. The number of carbonyl (C=O) groups excluding carboxylic acids is 1. The number of aliphatic hydroxyl groups is 2. The highest BCUT2D eigenvalue weighted by Crippen LogP contribution is 2.24. The minimum atomic E-state index is -0.977. The monoisotopic (exact) mass is 266 g/mol. The minimum Gasteiger partial charge on any atom is -0.394 e. The van der Waals surface area contributed by atoms with Crippen molar-refractivity contribution in [2.75, 3.05) is 13.2 Å². The maximum Gasteiger partial charge on any atom is 0.268 e. The molecule has 1 aromatic rings. The Labute approximate surface area is 103 Å². The van der Waals surface area contributed by atoms with Crippen LogP contribution in [0.15, 0.2) is 6.07 Å². The number of amides is 1. The normalized spacial score (nSPS) is 12.6. The first-order valence-electron chi connectivity index (χ1n) is 4.55. The third-order valence-electron chi connectivity index (χ3n) is 2.06. The third-order valence-corrected chi connectivity index (χ3v) is 2.90. The molecule has 7 heteroatoms. The second kappa shape index (κ2) is 5.54. The number of carbonyl (C=O) groups is 1. The standard InChI is InChI=1S/C9H12Cl2N2O3/c1-13-7(2-6(10)8(13)11)9(16)12-3-5(15)4-14/h2,5,14-15H,3-4H2,1H3,(H,12,16). The zero-order valence-corrected chi connectivity index (χ0v) is 10.1. The molecular weight excluding hydrogens is 255 g/mol. The van der Waals surface area contributed by atoms with Gasteiger partial charge in [0.15, 0.2) is 0 Å². The molecule has 0 bridgehead atoms. The Kier molecular flexibility index (Phi) is 4.61. The van der Waals surface area contributed by atoms with Gasteiger partial charge in [-0.3, -0.25) is 4.79 Å². The van der Waals surface area contributed by atoms with Gasteiger partial charge in [0.25, 0.3) is 5.91 Å². The number of rotatable bonds is 4. The van der Waals surface area contributed by atoms with Crippen molar-refractivity contribution in [1.82, 2.24) is 9.88 Å². The van der Waals surface area contributed by atoms with Crippen molar-refractivity contribution >= 4 is 29.1 Å². The SMILES string of the molecule is Cn1c(C(=O)NCC(O)CO)cc(Cl)c1Cl. The van der Waals surface area contributed by atoms with Crippen LogP contribution in [0.1, 0.15) is 10.5 Å². The number of nitrogens with one attached hydrogen (secondary N) is 1. The van der Waals surface area contributed by atoms with Crippen LogP contribution in [0.3, 0.4) is 0 Å². The Morgan fingerprint density at radius 2 is 2.25 bits per heavy atom. The predicted molar refractivity (Wildman–Crippen MR) is 60.9 cm³/mol. The largest absolute Gasteiger partial charge is 0.394 e. The first-order valence-corrected chi connectivity index (χ1v) is 5.30. The maximum atomic E-state index is 11.6. The number of aliphatic hydroxyl groups excluding tert-OH is 2. The van der Waals surface area contributed by atoms with E-state index in [0.29, 0.717) is 5.69 Å². The van der Waals surface area contributed by atoms with Gasteiger partial charge in [-0.1, -0.05) is 23.2 Å². The first kappa shape index (κ1) is 13.3. The van der Waals surface area contributed by atoms with Crippen molar-refractivity contribution in [2.24, 2.45) is 7.05 Å². The van der Waals surface area contributed by atoms with Gasteiger partial charge in [-0.15, -0.1) is 0 Å². The number of aromatic nitrogens is 1. The molecule has 0 aliphatic rings. The fourth-order valence-electron chi connectivity index (χ4n) is 1.13. The van der Waals surface area contributed by atoms with Crippen LogP contribution < -0.4 is 5.32 Å². The smallest absolute Gasteiger partial charge is 0.268 e. The van der Waals surface area contributed by atoms with Crippen LogP contribution in [0.25, 0.3) is 0 Å². The van der Waals surface area contributed by atoms with Crippen LogP contribution in [0.4, 0.5) is 0 Å². The summed E-state index contributed by atoms with van der Waals surface area (Å²) in [6, 6.07) is 1.44. The summed E-state index contributed by atoms with van der Waals surface area (Å²) < 4.78 is 1.44. The van der Waals surface area contributed by atoms with Crippen molar-refractivity contribution in [3.63, 3.8) is 0 Å². The molecule has 0 aliphatic carbocycles. The summed E-state index contributed by atoms with van der Waals surface area (Å²) in [5.41, 5.74) is 0.292. The average Bonchev–Trinajstić information content (AvgIpc) is 2.53. The molecule has 3 N–H and O–H groups in total. The quantitative estimate of drug-likeness (QED) is 0.740. The number of nitrogens with zero attached hydrogens (tertiary/aromatic N) is 1. The molecule has 0 radical (unpaired) electrons. The van der Waals surface area contributed by atoms with Crippen LogP contribution in [-0.4, -0.2) is 39.9 Å². The van der Waals surface area contributed by atoms with E-state index in [9.17, 15) is 4.79 Å². The zero-order chi connectivity index (χ0) is 12.3. The second-order valence-electron chi connectivity index (χ2n) is 3.27. The number of hydrogen-bond donors (Lipinski definition) is 3. The summed E-state index contributed by atoms with van der Waals surface area (Å²) in [5.74, 6) is -0.413. The highest BCUT2D eigenvalue weighted by Gasteiger charge is 2.16. The summed E-state index contributed by atoms with van der Waals surface area (Å²) in [7, 11) is 1.60. The van der Waals surface area contributed by atoms with Crippen molar-refractivity contribution in [1.29, 1.82) is 0 Å². The number of hydrogen-bond acceptors (Lipinski definition) is 3. The molecule has 1 unspecified atom stereocenters. The summed E-state index contributed by atoms with van der Waals surface area (Å²) in [4.78, 5) is 11.6. The molecule has 1 rings (SSSR count). The molecule has 1 aromatic heterocycles. The van der Waals surface area contributed by atoms with E-state index in [4.69, 9.17) is 33.4 Å². The second-order valence-corrected chi connectivity index (χ2v) is 4.04. The van der Waals surface area contributed by atoms with Gasteiger partial charge in [0.2, 0.25) is 0 Å². The lowest BCUT2D eigenvalue weighted by molar-refractivity contribution is 0.0797. The van der Waals surface area contributed by atoms with Gasteiger partial charge in [-0.05, 0) is 6.07 Å². The fourth-order valence-corrected chi connectivity index (χ4v) is 1.50. The molecule has 1 amide bonds. The molecule has 1 atom stereocenters. The molecule has 0 aliphatic heterocycles. The molecule has 16 heavy (non-hydrogen) atoms. The van der Waals surface area contributed by atoms with Crippen LogP contribution in [0.2, 0.25) is 10.2 Å². The third kappa shape index (κ3) is 2.89. The molecular formula is C9H12Cl2N2O3. The molecule has 5 nitrogen and oxygen atoms in total. The van der Waals surface area contributed by atoms with E-state index in [1.807, 2.05) is 0 Å². The molecule has 0 spiro atoms. The van der Waals surface area contributed by atoms with Gasteiger partial charge < -0.3 is 20.1 Å². The zero-order valence-electron chi connectivity index (χ0n) is 8.57. The lowest BCUT2D eigenvalue weighted by Gasteiger charge is -2.09. The lowest BCUT2D eigenvalue weighted by Crippen LogP contribution is -2.34. The van der Waals surface area contributed by atoms with Gasteiger partial charge in [-0.2, -0.15) is 0 Å². The van der Waals surface area contributed by atoms with Gasteiger partial charge in [0.05, 0.1) is 17.7 Å². The van der Waals surface area contributed by atoms with E-state index in [0.717, 1.165) is 0 Å². The van der Waals surface area contributed by atoms with Gasteiger partial charge >= 0.3 is 0 Å². The van der Waals surface area contributed by atoms with Crippen LogP contribution in [-0.2, 0) is 7.05 Å². The van der Waals surface area contributed by atoms with Crippen LogP contribution in [0.5, 0.6) is 0 Å². The van der Waals surface area contributed by atoms with Crippen molar-refractivity contribution in [2.45, 2.75) is 6.10 Å². The van der Waals surface area contributed by atoms with Crippen molar-refractivity contribution in [3.05, 3.63) is 21.9 Å². The van der Waals surface area contributed by atoms with Crippen LogP contribution >= 0.6 is 23.2 Å². The molecule has 0 fully saturated rings. The van der Waals surface area contributed by atoms with E-state index in [-0.39, 0.29) is 16.7 Å². The average molecular weight is 267 g/mol. The lowest BCUT2D eigenvalue weighted by atomic mass is 10.3. The summed E-state index contributed by atoms with van der Waals surface area (Å²) >= 11 is 11.5. The topological polar surface area (TPSA) is 74.5 Å².